The summed E-state index contributed by atoms with van der Waals surface area (Å²) < 4.78 is 6.61. The molecule has 0 radical (unpaired) electrons. The van der Waals surface area contributed by atoms with Crippen LogP contribution in [0.1, 0.15) is 13.8 Å². The first kappa shape index (κ1) is 14.0. The molecular weight excluding hydrogens is 260 g/mol. The lowest BCUT2D eigenvalue weighted by molar-refractivity contribution is -0.383. The highest BCUT2D eigenvalue weighted by Crippen LogP contribution is 2.29. The van der Waals surface area contributed by atoms with Crippen LogP contribution in [0, 0.1) is 15.5 Å². The van der Waals surface area contributed by atoms with E-state index in [0.717, 1.165) is 5.52 Å². The Hall–Kier alpha value is -2.37. The standard InChI is InChI=1S/C14H16N2O4/c1-14(2,13(17)20-3)9-15-8-7-10-11(15)5-4-6-12(10)16(18)19/h4-8H,9H2,1-3H3. The molecule has 1 aromatic heterocycles. The summed E-state index contributed by atoms with van der Waals surface area (Å²) in [6, 6.07) is 6.61. The van der Waals surface area contributed by atoms with Crippen LogP contribution in [0.5, 0.6) is 0 Å². The highest BCUT2D eigenvalue weighted by atomic mass is 16.6. The number of nitrogens with zero attached hydrogens (tertiary/aromatic N) is 2. The number of benzene rings is 1. The maximum atomic E-state index is 11.7. The van der Waals surface area contributed by atoms with Crippen LogP contribution in [-0.4, -0.2) is 22.6 Å². The van der Waals surface area contributed by atoms with Gasteiger partial charge in [0.05, 0.1) is 28.4 Å². The van der Waals surface area contributed by atoms with Gasteiger partial charge in [-0.3, -0.25) is 14.9 Å². The van der Waals surface area contributed by atoms with Crippen molar-refractivity contribution in [3.8, 4) is 0 Å². The fourth-order valence-electron chi connectivity index (χ4n) is 2.27. The Morgan fingerprint density at radius 3 is 2.70 bits per heavy atom. The Morgan fingerprint density at radius 2 is 2.10 bits per heavy atom. The van der Waals surface area contributed by atoms with Crippen molar-refractivity contribution in [1.29, 1.82) is 0 Å². The minimum atomic E-state index is -0.703. The van der Waals surface area contributed by atoms with Gasteiger partial charge in [0, 0.05) is 18.8 Å². The van der Waals surface area contributed by atoms with Crippen LogP contribution in [0.4, 0.5) is 5.69 Å². The minimum Gasteiger partial charge on any atom is -0.469 e. The Morgan fingerprint density at radius 1 is 1.40 bits per heavy atom. The maximum absolute atomic E-state index is 11.7. The average molecular weight is 276 g/mol. The first-order valence-electron chi connectivity index (χ1n) is 6.17. The molecule has 106 valence electrons. The van der Waals surface area contributed by atoms with Gasteiger partial charge in [-0.15, -0.1) is 0 Å². The van der Waals surface area contributed by atoms with E-state index >= 15 is 0 Å². The van der Waals surface area contributed by atoms with Gasteiger partial charge in [0.2, 0.25) is 0 Å². The third kappa shape index (κ3) is 2.36. The lowest BCUT2D eigenvalue weighted by Crippen LogP contribution is -2.30. The van der Waals surface area contributed by atoms with Crippen molar-refractivity contribution in [3.05, 3.63) is 40.6 Å². The number of carbonyl (C=O) groups excluding carboxylic acids is 1. The lowest BCUT2D eigenvalue weighted by Gasteiger charge is -2.22. The smallest absolute Gasteiger partial charge is 0.313 e. The summed E-state index contributed by atoms with van der Waals surface area (Å²) in [5.74, 6) is -0.315. The molecule has 0 aliphatic heterocycles. The molecule has 1 heterocycles. The zero-order valence-electron chi connectivity index (χ0n) is 11.6. The van der Waals surface area contributed by atoms with E-state index in [0.29, 0.717) is 11.9 Å². The van der Waals surface area contributed by atoms with Gasteiger partial charge in [-0.05, 0) is 26.0 Å². The molecule has 0 bridgehead atoms. The number of methoxy groups -OCH3 is 1. The predicted molar refractivity (Wildman–Crippen MR) is 74.4 cm³/mol. The van der Waals surface area contributed by atoms with Crippen molar-refractivity contribution in [3.63, 3.8) is 0 Å². The number of fused-ring (bicyclic) bond motifs is 1. The van der Waals surface area contributed by atoms with Gasteiger partial charge in [-0.2, -0.15) is 0 Å². The molecule has 20 heavy (non-hydrogen) atoms. The Bertz CT molecular complexity index is 673. The highest BCUT2D eigenvalue weighted by Gasteiger charge is 2.30. The first-order valence-corrected chi connectivity index (χ1v) is 6.17. The second-order valence-corrected chi connectivity index (χ2v) is 5.29. The van der Waals surface area contributed by atoms with E-state index < -0.39 is 10.3 Å². The van der Waals surface area contributed by atoms with Crippen molar-refractivity contribution in [1.82, 2.24) is 4.57 Å². The highest BCUT2D eigenvalue weighted by molar-refractivity contribution is 5.89. The molecule has 0 atom stereocenters. The van der Waals surface area contributed by atoms with Crippen LogP contribution in [0.15, 0.2) is 30.5 Å². The monoisotopic (exact) mass is 276 g/mol. The number of aromatic nitrogens is 1. The Kier molecular flexibility index (Phi) is 3.48. The van der Waals surface area contributed by atoms with Crippen molar-refractivity contribution in [2.24, 2.45) is 5.41 Å². The number of hydrogen-bond acceptors (Lipinski definition) is 4. The molecule has 0 aliphatic rings. The van der Waals surface area contributed by atoms with Crippen molar-refractivity contribution < 1.29 is 14.5 Å². The van der Waals surface area contributed by atoms with E-state index in [-0.39, 0.29) is 11.7 Å². The van der Waals surface area contributed by atoms with Gasteiger partial charge in [-0.25, -0.2) is 0 Å². The fourth-order valence-corrected chi connectivity index (χ4v) is 2.27. The largest absolute Gasteiger partial charge is 0.469 e. The molecule has 0 aliphatic carbocycles. The molecule has 6 heteroatoms. The van der Waals surface area contributed by atoms with Gasteiger partial charge in [0.25, 0.3) is 5.69 Å². The zero-order chi connectivity index (χ0) is 14.9. The van der Waals surface area contributed by atoms with Gasteiger partial charge in [0.15, 0.2) is 0 Å². The molecule has 6 nitrogen and oxygen atoms in total. The van der Waals surface area contributed by atoms with Crippen molar-refractivity contribution in [2.75, 3.05) is 7.11 Å². The molecule has 0 amide bonds. The number of nitro groups is 1. The number of carbonyl (C=O) groups is 1. The van der Waals surface area contributed by atoms with Crippen LogP contribution in [-0.2, 0) is 16.1 Å². The van der Waals surface area contributed by atoms with Crippen LogP contribution >= 0.6 is 0 Å². The summed E-state index contributed by atoms with van der Waals surface area (Å²) in [6.45, 7) is 3.95. The molecule has 1 aromatic carbocycles. The summed E-state index contributed by atoms with van der Waals surface area (Å²) in [4.78, 5) is 22.3. The third-order valence-corrected chi connectivity index (χ3v) is 3.29. The van der Waals surface area contributed by atoms with Crippen LogP contribution in [0.25, 0.3) is 10.9 Å². The van der Waals surface area contributed by atoms with E-state index in [1.165, 1.54) is 13.2 Å². The second-order valence-electron chi connectivity index (χ2n) is 5.29. The van der Waals surface area contributed by atoms with E-state index in [1.807, 2.05) is 4.57 Å². The minimum absolute atomic E-state index is 0.0668. The number of non-ortho nitro benzene ring substituents is 1. The fraction of sp³-hybridized carbons (Fsp3) is 0.357. The van der Waals surface area contributed by atoms with Crippen molar-refractivity contribution in [2.45, 2.75) is 20.4 Å². The van der Waals surface area contributed by atoms with Gasteiger partial charge in [0.1, 0.15) is 0 Å². The van der Waals surface area contributed by atoms with Gasteiger partial charge < -0.3 is 9.30 Å². The average Bonchev–Trinajstić information content (AvgIpc) is 2.80. The summed E-state index contributed by atoms with van der Waals surface area (Å²) in [6.07, 6.45) is 1.75. The molecule has 0 fully saturated rings. The first-order chi connectivity index (χ1) is 9.36. The molecule has 2 rings (SSSR count). The van der Waals surface area contributed by atoms with Crippen molar-refractivity contribution >= 4 is 22.6 Å². The van der Waals surface area contributed by atoms with Crippen LogP contribution < -0.4 is 0 Å². The number of rotatable bonds is 4. The quantitative estimate of drug-likeness (QED) is 0.489. The second kappa shape index (κ2) is 4.96. The Balaban J connectivity index is 2.45. The molecule has 0 unspecified atom stereocenters. The SMILES string of the molecule is COC(=O)C(C)(C)Cn1ccc2c([N+](=O)[O-])cccc21. The molecule has 0 saturated carbocycles. The summed E-state index contributed by atoms with van der Waals surface area (Å²) in [7, 11) is 1.35. The zero-order valence-corrected chi connectivity index (χ0v) is 11.6. The normalized spacial score (nSPS) is 11.6. The molecule has 2 aromatic rings. The van der Waals surface area contributed by atoms with Gasteiger partial charge >= 0.3 is 5.97 Å². The van der Waals surface area contributed by atoms with E-state index in [9.17, 15) is 14.9 Å². The number of nitro benzene ring substituents is 1. The van der Waals surface area contributed by atoms with E-state index in [4.69, 9.17) is 4.74 Å². The van der Waals surface area contributed by atoms with Crippen LogP contribution in [0.3, 0.4) is 0 Å². The summed E-state index contributed by atoms with van der Waals surface area (Å²) in [5, 5.41) is 11.6. The Labute approximate surface area is 116 Å². The summed E-state index contributed by atoms with van der Waals surface area (Å²) in [5.41, 5.74) is 0.0963. The number of esters is 1. The number of ether oxygens (including phenoxy) is 1. The topological polar surface area (TPSA) is 74.4 Å². The van der Waals surface area contributed by atoms with Gasteiger partial charge in [-0.1, -0.05) is 6.07 Å². The third-order valence-electron chi connectivity index (χ3n) is 3.29. The number of hydrogen-bond donors (Lipinski definition) is 0. The molecule has 0 N–H and O–H groups in total. The predicted octanol–water partition coefficient (Wildman–Crippen LogP) is 2.75. The molecular formula is C14H16N2O4. The van der Waals surface area contributed by atoms with Crippen LogP contribution in [0.2, 0.25) is 0 Å². The maximum Gasteiger partial charge on any atom is 0.313 e. The van der Waals surface area contributed by atoms with E-state index in [1.54, 1.807) is 38.2 Å². The lowest BCUT2D eigenvalue weighted by atomic mass is 9.93. The summed E-state index contributed by atoms with van der Waals surface area (Å²) >= 11 is 0. The molecule has 0 spiro atoms. The molecule has 0 saturated heterocycles. The van der Waals surface area contributed by atoms with E-state index in [2.05, 4.69) is 0 Å².